The third-order valence-electron chi connectivity index (χ3n) is 5.38. The zero-order chi connectivity index (χ0) is 18.5. The molecule has 144 valence electrons. The van der Waals surface area contributed by atoms with Crippen LogP contribution in [0.4, 0.5) is 0 Å². The second-order valence-electron chi connectivity index (χ2n) is 8.70. The third kappa shape index (κ3) is 12.1. The molecule has 0 aromatic rings. The van der Waals surface area contributed by atoms with Crippen LogP contribution in [0.1, 0.15) is 98.3 Å². The summed E-state index contributed by atoms with van der Waals surface area (Å²) in [6, 6.07) is 0. The normalized spacial score (nSPS) is 14.5. The van der Waals surface area contributed by atoms with E-state index < -0.39 is 8.32 Å². The topological polar surface area (TPSA) is 9.23 Å². The molecule has 0 radical (unpaired) electrons. The van der Waals surface area contributed by atoms with Crippen LogP contribution in [0, 0.1) is 0 Å². The monoisotopic (exact) mass is 466 g/mol. The lowest BCUT2D eigenvalue weighted by molar-refractivity contribution is 0.154. The van der Waals surface area contributed by atoms with E-state index in [0.29, 0.717) is 11.1 Å². The van der Waals surface area contributed by atoms with Crippen molar-refractivity contribution < 1.29 is 4.43 Å². The van der Waals surface area contributed by atoms with Crippen molar-refractivity contribution in [3.63, 3.8) is 0 Å². The number of rotatable bonds is 14. The summed E-state index contributed by atoms with van der Waals surface area (Å²) in [6.45, 7) is 14.2. The molecule has 1 atom stereocenters. The molecule has 0 saturated carbocycles. The molecule has 0 saturated heterocycles. The van der Waals surface area contributed by atoms with E-state index in [-0.39, 0.29) is 0 Å². The summed E-state index contributed by atoms with van der Waals surface area (Å²) in [5, 5.41) is 0.320. The highest BCUT2D eigenvalue weighted by molar-refractivity contribution is 14.1. The van der Waals surface area contributed by atoms with Crippen LogP contribution in [0.5, 0.6) is 0 Å². The molecule has 0 bridgehead atoms. The van der Waals surface area contributed by atoms with E-state index in [2.05, 4.69) is 73.5 Å². The van der Waals surface area contributed by atoms with Crippen LogP contribution in [-0.4, -0.2) is 14.4 Å². The van der Waals surface area contributed by atoms with Gasteiger partial charge >= 0.3 is 0 Å². The molecule has 0 fully saturated rings. The molecule has 0 aliphatic rings. The van der Waals surface area contributed by atoms with Crippen molar-refractivity contribution in [3.05, 3.63) is 10.2 Å². The van der Waals surface area contributed by atoms with Crippen molar-refractivity contribution >= 4 is 30.9 Å². The molecule has 3 heteroatoms. The highest BCUT2D eigenvalue weighted by atomic mass is 127. The van der Waals surface area contributed by atoms with Gasteiger partial charge in [0, 0.05) is 6.10 Å². The van der Waals surface area contributed by atoms with Crippen molar-refractivity contribution in [2.24, 2.45) is 0 Å². The summed E-state index contributed by atoms with van der Waals surface area (Å²) in [5.41, 5.74) is 0. The van der Waals surface area contributed by atoms with E-state index in [1.54, 1.807) is 0 Å². The number of hydrogen-bond donors (Lipinski definition) is 0. The second kappa shape index (κ2) is 13.8. The van der Waals surface area contributed by atoms with Gasteiger partial charge in [-0.3, -0.25) is 0 Å². The summed E-state index contributed by atoms with van der Waals surface area (Å²) in [7, 11) is -1.63. The first kappa shape index (κ1) is 24.6. The Morgan fingerprint density at radius 3 is 1.96 bits per heavy atom. The zero-order valence-corrected chi connectivity index (χ0v) is 20.5. The molecule has 0 aliphatic heterocycles. The molecule has 0 aromatic carbocycles. The van der Waals surface area contributed by atoms with Crippen LogP contribution in [0.25, 0.3) is 0 Å². The minimum Gasteiger partial charge on any atom is -0.414 e. The van der Waals surface area contributed by atoms with Gasteiger partial charge in [-0.15, -0.1) is 0 Å². The number of hydrogen-bond acceptors (Lipinski definition) is 1. The molecular formula is C21H43IOSi. The Labute approximate surface area is 167 Å². The van der Waals surface area contributed by atoms with E-state index in [4.69, 9.17) is 4.43 Å². The highest BCUT2D eigenvalue weighted by Gasteiger charge is 2.38. The third-order valence-corrected chi connectivity index (χ3v) is 10.4. The van der Waals surface area contributed by atoms with Crippen LogP contribution >= 0.6 is 22.6 Å². The van der Waals surface area contributed by atoms with Crippen molar-refractivity contribution in [3.8, 4) is 0 Å². The fourth-order valence-corrected chi connectivity index (χ4v) is 4.49. The number of halogens is 1. The maximum absolute atomic E-state index is 6.75. The Balaban J connectivity index is 4.27. The minimum absolute atomic E-state index is 0.320. The van der Waals surface area contributed by atoms with E-state index in [0.717, 1.165) is 0 Å². The summed E-state index contributed by atoms with van der Waals surface area (Å²) in [6.07, 6.45) is 17.3. The van der Waals surface area contributed by atoms with Crippen molar-refractivity contribution in [2.75, 3.05) is 0 Å². The number of allylic oxidation sites excluding steroid dienone is 1. The molecule has 24 heavy (non-hydrogen) atoms. The smallest absolute Gasteiger partial charge is 0.192 e. The quantitative estimate of drug-likeness (QED) is 0.141. The average Bonchev–Trinajstić information content (AvgIpc) is 2.49. The van der Waals surface area contributed by atoms with E-state index in [1.807, 2.05) is 0 Å². The second-order valence-corrected chi connectivity index (χ2v) is 14.2. The first-order valence-electron chi connectivity index (χ1n) is 10.2. The lowest BCUT2D eigenvalue weighted by Crippen LogP contribution is -2.44. The number of unbranched alkanes of at least 4 members (excludes halogenated alkanes) is 7. The molecular weight excluding hydrogens is 423 g/mol. The van der Waals surface area contributed by atoms with Gasteiger partial charge in [0.25, 0.3) is 0 Å². The summed E-state index contributed by atoms with van der Waals surface area (Å²) >= 11 is 2.31. The first-order chi connectivity index (χ1) is 11.2. The summed E-state index contributed by atoms with van der Waals surface area (Å²) < 4.78 is 8.89. The van der Waals surface area contributed by atoms with Gasteiger partial charge in [0.1, 0.15) is 0 Å². The van der Waals surface area contributed by atoms with Gasteiger partial charge in [-0.25, -0.2) is 0 Å². The fourth-order valence-electron chi connectivity index (χ4n) is 2.71. The van der Waals surface area contributed by atoms with Gasteiger partial charge in [-0.2, -0.15) is 0 Å². The van der Waals surface area contributed by atoms with Crippen LogP contribution in [-0.2, 0) is 4.43 Å². The zero-order valence-electron chi connectivity index (χ0n) is 17.3. The standard InChI is InChI=1S/C21H43IOSi/c1-7-8-9-14-17-20(23-24(5,6)21(2,3)4)18-15-12-10-11-13-16-19-22/h16,19-20H,7-15,17-18H2,1-6H3/b19-16+/t20-/m0/s1. The predicted molar refractivity (Wildman–Crippen MR) is 122 cm³/mol. The van der Waals surface area contributed by atoms with Crippen LogP contribution in [0.2, 0.25) is 18.1 Å². The lowest BCUT2D eigenvalue weighted by atomic mass is 10.0. The Morgan fingerprint density at radius 2 is 1.46 bits per heavy atom. The molecule has 0 heterocycles. The van der Waals surface area contributed by atoms with Crippen LogP contribution in [0.3, 0.4) is 0 Å². The minimum atomic E-state index is -1.63. The molecule has 0 aliphatic carbocycles. The molecule has 0 amide bonds. The Hall–Kier alpha value is 0.647. The maximum atomic E-state index is 6.75. The lowest BCUT2D eigenvalue weighted by Gasteiger charge is -2.39. The van der Waals surface area contributed by atoms with Gasteiger partial charge in [0.2, 0.25) is 0 Å². The van der Waals surface area contributed by atoms with Gasteiger partial charge in [0.05, 0.1) is 0 Å². The van der Waals surface area contributed by atoms with Crippen molar-refractivity contribution in [2.45, 2.75) is 123 Å². The van der Waals surface area contributed by atoms with Gasteiger partial charge in [-0.05, 0) is 47.9 Å². The molecule has 0 unspecified atom stereocenters. The maximum Gasteiger partial charge on any atom is 0.192 e. The van der Waals surface area contributed by atoms with E-state index >= 15 is 0 Å². The van der Waals surface area contributed by atoms with E-state index in [9.17, 15) is 0 Å². The largest absolute Gasteiger partial charge is 0.414 e. The first-order valence-corrected chi connectivity index (χ1v) is 14.3. The van der Waals surface area contributed by atoms with Gasteiger partial charge in [0.15, 0.2) is 8.32 Å². The molecule has 0 aromatic heterocycles. The molecule has 0 N–H and O–H groups in total. The average molecular weight is 467 g/mol. The fraction of sp³-hybridized carbons (Fsp3) is 0.905. The van der Waals surface area contributed by atoms with E-state index in [1.165, 1.54) is 70.6 Å². The summed E-state index contributed by atoms with van der Waals surface area (Å²) in [4.78, 5) is 0. The Bertz CT molecular complexity index is 320. The molecule has 1 nitrogen and oxygen atoms in total. The van der Waals surface area contributed by atoms with Crippen molar-refractivity contribution in [1.29, 1.82) is 0 Å². The predicted octanol–water partition coefficient (Wildman–Crippen LogP) is 8.64. The SMILES string of the molecule is CCCCCC[C@@H](CCCCCC/C=C/I)O[Si](C)(C)C(C)(C)C. The van der Waals surface area contributed by atoms with Gasteiger partial charge in [-0.1, -0.05) is 101 Å². The van der Waals surface area contributed by atoms with Crippen LogP contribution < -0.4 is 0 Å². The Kier molecular flexibility index (Phi) is 14.2. The van der Waals surface area contributed by atoms with Gasteiger partial charge < -0.3 is 4.43 Å². The summed E-state index contributed by atoms with van der Waals surface area (Å²) in [5.74, 6) is 0. The molecule has 0 rings (SSSR count). The molecule has 0 spiro atoms. The Morgan fingerprint density at radius 1 is 0.917 bits per heavy atom. The van der Waals surface area contributed by atoms with Crippen molar-refractivity contribution in [1.82, 2.24) is 0 Å². The highest BCUT2D eigenvalue weighted by Crippen LogP contribution is 2.38. The van der Waals surface area contributed by atoms with Crippen LogP contribution in [0.15, 0.2) is 10.2 Å².